The molecule has 7 nitrogen and oxygen atoms in total. The van der Waals surface area contributed by atoms with Crippen molar-refractivity contribution >= 4 is 23.2 Å². The number of nitrogens with zero attached hydrogens (tertiary/aromatic N) is 3. The van der Waals surface area contributed by atoms with Crippen molar-refractivity contribution < 1.29 is 18.7 Å². The lowest BCUT2D eigenvalue weighted by Crippen LogP contribution is -2.40. The number of fused-ring (bicyclic) bond motifs is 1. The largest absolute Gasteiger partial charge is 0.482 e. The van der Waals surface area contributed by atoms with Crippen LogP contribution in [-0.2, 0) is 9.59 Å². The molecule has 0 bridgehead atoms. The van der Waals surface area contributed by atoms with Crippen molar-refractivity contribution in [2.45, 2.75) is 6.42 Å². The second-order valence-corrected chi connectivity index (χ2v) is 6.24. The Morgan fingerprint density at radius 3 is 2.86 bits per heavy atom. The number of nitrogens with one attached hydrogen (secondary N) is 1. The van der Waals surface area contributed by atoms with Crippen LogP contribution in [0.4, 0.5) is 15.8 Å². The summed E-state index contributed by atoms with van der Waals surface area (Å²) in [6, 6.07) is 11.6. The highest BCUT2D eigenvalue weighted by atomic mass is 19.1. The molecule has 0 spiro atoms. The van der Waals surface area contributed by atoms with Gasteiger partial charge in [0.05, 0.1) is 17.7 Å². The minimum absolute atomic E-state index is 0.0560. The highest BCUT2D eigenvalue weighted by Crippen LogP contribution is 2.31. The number of carbonyl (C=O) groups excluding carboxylic acids is 2. The van der Waals surface area contributed by atoms with Gasteiger partial charge >= 0.3 is 0 Å². The minimum atomic E-state index is -0.479. The Labute approximate surface area is 160 Å². The molecular weight excluding hydrogens is 363 g/mol. The standard InChI is InChI=1S/C20H17FN4O3/c21-15-11-14(5-6-16(15)24-10-8-22-13-24)23-19(26)7-9-25-17-3-1-2-4-18(17)28-12-20(25)27/h1-6,8,10-11,13H,7,9,12H2,(H,23,26). The van der Waals surface area contributed by atoms with E-state index in [2.05, 4.69) is 10.3 Å². The Morgan fingerprint density at radius 1 is 1.21 bits per heavy atom. The van der Waals surface area contributed by atoms with Crippen molar-refractivity contribution in [2.24, 2.45) is 0 Å². The van der Waals surface area contributed by atoms with Crippen LogP contribution in [0.3, 0.4) is 0 Å². The molecule has 0 aliphatic carbocycles. The summed E-state index contributed by atoms with van der Waals surface area (Å²) >= 11 is 0. The number of amides is 2. The van der Waals surface area contributed by atoms with Crippen molar-refractivity contribution in [2.75, 3.05) is 23.4 Å². The Balaban J connectivity index is 1.40. The maximum absolute atomic E-state index is 14.3. The lowest BCUT2D eigenvalue weighted by atomic mass is 10.2. The Hall–Kier alpha value is -3.68. The number of benzene rings is 2. The third-order valence-electron chi connectivity index (χ3n) is 4.38. The highest BCUT2D eigenvalue weighted by Gasteiger charge is 2.25. The number of halogens is 1. The summed E-state index contributed by atoms with van der Waals surface area (Å²) in [6.45, 7) is 0.153. The molecule has 2 amide bonds. The fraction of sp³-hybridized carbons (Fsp3) is 0.150. The summed E-state index contributed by atoms with van der Waals surface area (Å²) in [5.41, 5.74) is 1.33. The molecule has 0 radical (unpaired) electrons. The number of imidazole rings is 1. The van der Waals surface area contributed by atoms with Crippen molar-refractivity contribution in [1.82, 2.24) is 9.55 Å². The predicted octanol–water partition coefficient (Wildman–Crippen LogP) is 2.77. The average Bonchev–Trinajstić information content (AvgIpc) is 3.22. The van der Waals surface area contributed by atoms with E-state index in [1.807, 2.05) is 6.07 Å². The zero-order chi connectivity index (χ0) is 19.5. The number of aromatic nitrogens is 2. The van der Waals surface area contributed by atoms with Crippen LogP contribution >= 0.6 is 0 Å². The summed E-state index contributed by atoms with van der Waals surface area (Å²) in [5, 5.41) is 2.66. The molecule has 0 unspecified atom stereocenters. The summed E-state index contributed by atoms with van der Waals surface area (Å²) in [5.74, 6) is -0.387. The summed E-state index contributed by atoms with van der Waals surface area (Å²) in [6.07, 6.45) is 4.76. The van der Waals surface area contributed by atoms with Gasteiger partial charge in [0.15, 0.2) is 6.61 Å². The fourth-order valence-electron chi connectivity index (χ4n) is 3.03. The van der Waals surface area contributed by atoms with Gasteiger partial charge in [0, 0.05) is 31.0 Å². The molecule has 0 fully saturated rings. The van der Waals surface area contributed by atoms with Crippen molar-refractivity contribution in [3.05, 3.63) is 67.0 Å². The van der Waals surface area contributed by atoms with Gasteiger partial charge in [-0.15, -0.1) is 0 Å². The molecule has 1 aliphatic rings. The zero-order valence-corrected chi connectivity index (χ0v) is 14.8. The molecule has 0 saturated carbocycles. The number of hydrogen-bond donors (Lipinski definition) is 1. The molecule has 2 heterocycles. The van der Waals surface area contributed by atoms with Crippen molar-refractivity contribution in [3.8, 4) is 11.4 Å². The fourth-order valence-corrected chi connectivity index (χ4v) is 3.03. The summed E-state index contributed by atoms with van der Waals surface area (Å²) in [4.78, 5) is 29.8. The summed E-state index contributed by atoms with van der Waals surface area (Å²) in [7, 11) is 0. The molecule has 3 aromatic rings. The SMILES string of the molecule is O=C(CCN1C(=O)COc2ccccc21)Nc1ccc(-n2ccnc2)c(F)c1. The van der Waals surface area contributed by atoms with Crippen LogP contribution in [-0.4, -0.2) is 34.5 Å². The van der Waals surface area contributed by atoms with Crippen LogP contribution < -0.4 is 15.0 Å². The number of hydrogen-bond acceptors (Lipinski definition) is 4. The van der Waals surface area contributed by atoms with Gasteiger partial charge in [0.2, 0.25) is 5.91 Å². The van der Waals surface area contributed by atoms with E-state index in [4.69, 9.17) is 4.74 Å². The molecule has 2 aromatic carbocycles. The van der Waals surface area contributed by atoms with E-state index in [9.17, 15) is 14.0 Å². The van der Waals surface area contributed by atoms with E-state index < -0.39 is 5.82 Å². The van der Waals surface area contributed by atoms with Gasteiger partial charge in [-0.2, -0.15) is 0 Å². The van der Waals surface area contributed by atoms with Crippen LogP contribution in [0.25, 0.3) is 5.69 Å². The minimum Gasteiger partial charge on any atom is -0.482 e. The van der Waals surface area contributed by atoms with Crippen LogP contribution in [0.5, 0.6) is 5.75 Å². The van der Waals surface area contributed by atoms with Gasteiger partial charge in [-0.3, -0.25) is 9.59 Å². The highest BCUT2D eigenvalue weighted by molar-refractivity contribution is 5.99. The van der Waals surface area contributed by atoms with Gasteiger partial charge in [-0.1, -0.05) is 12.1 Å². The molecule has 4 rings (SSSR count). The Kier molecular flexibility index (Phi) is 4.76. The lowest BCUT2D eigenvalue weighted by Gasteiger charge is -2.29. The monoisotopic (exact) mass is 380 g/mol. The van der Waals surface area contributed by atoms with Crippen molar-refractivity contribution in [3.63, 3.8) is 0 Å². The first-order valence-corrected chi connectivity index (χ1v) is 8.72. The second-order valence-electron chi connectivity index (χ2n) is 6.24. The van der Waals surface area contributed by atoms with Gasteiger partial charge in [0.1, 0.15) is 11.6 Å². The van der Waals surface area contributed by atoms with E-state index >= 15 is 0 Å². The van der Waals surface area contributed by atoms with Gasteiger partial charge in [-0.05, 0) is 30.3 Å². The number of anilines is 2. The van der Waals surface area contributed by atoms with Gasteiger partial charge < -0.3 is 19.5 Å². The van der Waals surface area contributed by atoms with E-state index in [0.717, 1.165) is 0 Å². The zero-order valence-electron chi connectivity index (χ0n) is 14.8. The smallest absolute Gasteiger partial charge is 0.265 e. The first kappa shape index (κ1) is 17.7. The molecule has 0 saturated heterocycles. The van der Waals surface area contributed by atoms with Gasteiger partial charge in [-0.25, -0.2) is 9.37 Å². The maximum Gasteiger partial charge on any atom is 0.265 e. The molecular formula is C20H17FN4O3. The molecule has 1 N–H and O–H groups in total. The van der Waals surface area contributed by atoms with Crippen LogP contribution in [0.15, 0.2) is 61.2 Å². The van der Waals surface area contributed by atoms with Crippen LogP contribution in [0.2, 0.25) is 0 Å². The lowest BCUT2D eigenvalue weighted by molar-refractivity contribution is -0.121. The van der Waals surface area contributed by atoms with E-state index in [1.165, 1.54) is 17.3 Å². The van der Waals surface area contributed by atoms with Crippen LogP contribution in [0, 0.1) is 5.82 Å². The third-order valence-corrected chi connectivity index (χ3v) is 4.38. The number of carbonyl (C=O) groups is 2. The quantitative estimate of drug-likeness (QED) is 0.739. The number of para-hydroxylation sites is 2. The third kappa shape index (κ3) is 3.57. The molecule has 142 valence electrons. The average molecular weight is 380 g/mol. The number of ether oxygens (including phenoxy) is 1. The molecule has 1 aromatic heterocycles. The first-order chi connectivity index (χ1) is 13.6. The number of rotatable bonds is 5. The second kappa shape index (κ2) is 7.51. The predicted molar refractivity (Wildman–Crippen MR) is 101 cm³/mol. The summed E-state index contributed by atoms with van der Waals surface area (Å²) < 4.78 is 21.2. The van der Waals surface area contributed by atoms with E-state index in [0.29, 0.717) is 22.8 Å². The maximum atomic E-state index is 14.3. The Bertz CT molecular complexity index is 1020. The molecule has 1 aliphatic heterocycles. The van der Waals surface area contributed by atoms with Gasteiger partial charge in [0.25, 0.3) is 5.91 Å². The molecule has 0 atom stereocenters. The molecule has 8 heteroatoms. The van der Waals surface area contributed by atoms with E-state index in [-0.39, 0.29) is 31.4 Å². The molecule has 28 heavy (non-hydrogen) atoms. The topological polar surface area (TPSA) is 76.5 Å². The van der Waals surface area contributed by atoms with Crippen LogP contribution in [0.1, 0.15) is 6.42 Å². The van der Waals surface area contributed by atoms with Crippen molar-refractivity contribution in [1.29, 1.82) is 0 Å². The Morgan fingerprint density at radius 2 is 2.07 bits per heavy atom. The normalized spacial score (nSPS) is 13.0. The van der Waals surface area contributed by atoms with E-state index in [1.54, 1.807) is 47.3 Å². The first-order valence-electron chi connectivity index (χ1n) is 8.72.